The van der Waals surface area contributed by atoms with Crippen molar-refractivity contribution in [1.82, 2.24) is 0 Å². The van der Waals surface area contributed by atoms with Gasteiger partial charge in [0.1, 0.15) is 0 Å². The normalized spacial score (nSPS) is 11.4. The number of nitrogens with one attached hydrogen (secondary N) is 2. The molecule has 164 valence electrons. The molecule has 0 aliphatic rings. The fourth-order valence-electron chi connectivity index (χ4n) is 2.83. The molecule has 0 aromatic heterocycles. The Balaban J connectivity index is 0.00000480. The number of hydrogen-bond donors (Lipinski definition) is 4. The monoisotopic (exact) mass is 480 g/mol. The summed E-state index contributed by atoms with van der Waals surface area (Å²) < 4.78 is 66.0. The Bertz CT molecular complexity index is 1120. The number of rotatable bonds is 7. The zero-order valence-corrected chi connectivity index (χ0v) is 20.7. The van der Waals surface area contributed by atoms with Crippen LogP contribution in [0.4, 0.5) is 11.4 Å². The molecule has 0 aliphatic heterocycles. The molecule has 0 heterocycles. The molecule has 0 bridgehead atoms. The number of aryl methyl sites for hydroxylation is 2. The van der Waals surface area contributed by atoms with Crippen LogP contribution >= 0.6 is 0 Å². The quantitative estimate of drug-likeness (QED) is 0.289. The number of carbonyl (C=O) groups excluding carboxylic acids is 2. The number of carbonyl (C=O) groups is 2. The van der Waals surface area contributed by atoms with Gasteiger partial charge in [0, 0.05) is 25.2 Å². The maximum atomic E-state index is 11.7. The maximum Gasteiger partial charge on any atom is 1.00 e. The summed E-state index contributed by atoms with van der Waals surface area (Å²) >= 11 is 0. The van der Waals surface area contributed by atoms with E-state index in [1.54, 1.807) is 0 Å². The molecule has 10 nitrogen and oxygen atoms in total. The zero-order chi connectivity index (χ0) is 22.7. The minimum Gasteiger partial charge on any atom is -1.00 e. The van der Waals surface area contributed by atoms with Gasteiger partial charge in [-0.2, -0.15) is 16.8 Å². The summed E-state index contributed by atoms with van der Waals surface area (Å²) in [4.78, 5) is 21.5. The minimum absolute atomic E-state index is 0. The summed E-state index contributed by atoms with van der Waals surface area (Å²) in [6.07, 6.45) is -0.00500. The topological polar surface area (TPSA) is 167 Å². The van der Waals surface area contributed by atoms with Crippen LogP contribution in [0.15, 0.2) is 46.2 Å². The van der Waals surface area contributed by atoms with Crippen molar-refractivity contribution in [3.63, 3.8) is 0 Å². The molecule has 0 radical (unpaired) electrons. The summed E-state index contributed by atoms with van der Waals surface area (Å²) in [6, 6.07) is 7.83. The van der Waals surface area contributed by atoms with Gasteiger partial charge in [0.25, 0.3) is 20.2 Å². The molecule has 13 heteroatoms. The van der Waals surface area contributed by atoms with Crippen molar-refractivity contribution in [2.24, 2.45) is 0 Å². The smallest absolute Gasteiger partial charge is 1.00 e. The van der Waals surface area contributed by atoms with Gasteiger partial charge in [0.15, 0.2) is 0 Å². The van der Waals surface area contributed by atoms with Gasteiger partial charge in [-0.25, -0.2) is 0 Å². The van der Waals surface area contributed by atoms with E-state index in [9.17, 15) is 35.5 Å². The molecule has 0 spiro atoms. The minimum atomic E-state index is -4.62. The first-order valence-corrected chi connectivity index (χ1v) is 11.4. The van der Waals surface area contributed by atoms with Gasteiger partial charge in [-0.15, -0.1) is 0 Å². The van der Waals surface area contributed by atoms with E-state index in [-0.39, 0.29) is 66.3 Å². The van der Waals surface area contributed by atoms with Crippen LogP contribution in [0.5, 0.6) is 0 Å². The first-order valence-electron chi connectivity index (χ1n) is 8.53. The van der Waals surface area contributed by atoms with Crippen LogP contribution in [-0.2, 0) is 42.7 Å². The molecule has 0 saturated carbocycles. The van der Waals surface area contributed by atoms with E-state index in [0.717, 1.165) is 12.1 Å². The van der Waals surface area contributed by atoms with E-state index in [4.69, 9.17) is 0 Å². The fourth-order valence-corrected chi connectivity index (χ4v) is 4.39. The summed E-state index contributed by atoms with van der Waals surface area (Å²) in [6.45, 7) is 2.48. The van der Waals surface area contributed by atoms with Gasteiger partial charge < -0.3 is 12.1 Å². The van der Waals surface area contributed by atoms with Crippen LogP contribution in [0.3, 0.4) is 0 Å². The van der Waals surface area contributed by atoms with Gasteiger partial charge in [-0.1, -0.05) is 12.1 Å². The van der Waals surface area contributed by atoms with Gasteiger partial charge in [-0.3, -0.25) is 18.7 Å². The molecule has 2 aromatic carbocycles. The van der Waals surface area contributed by atoms with E-state index in [2.05, 4.69) is 10.6 Å². The molecule has 0 atom stereocenters. The molecule has 0 fully saturated rings. The Morgan fingerprint density at radius 3 is 1.35 bits per heavy atom. The second-order valence-corrected chi connectivity index (χ2v) is 9.24. The molecular weight excluding hydrogens is 459 g/mol. The van der Waals surface area contributed by atoms with Crippen molar-refractivity contribution in [2.45, 2.75) is 36.5 Å². The Morgan fingerprint density at radius 1 is 0.774 bits per heavy atom. The molecule has 2 amide bonds. The van der Waals surface area contributed by atoms with E-state index in [1.165, 1.54) is 38.1 Å². The Hall–Kier alpha value is -1.80. The standard InChI is InChI=1S/C18H20N2O8S2.Na.H/c1-11(21)19-15-7-5-13(17(9-15)29(23,24)25)3-4-14-6-8-16(20-12(2)22)10-18(14)30(26,27)28;;/h5-10H,3-4H2,1-2H3,(H,19,21)(H,20,22)(H,23,24,25)(H,26,27,28);;/q;+1;-1. The Kier molecular flexibility index (Phi) is 9.38. The fraction of sp³-hybridized carbons (Fsp3) is 0.222. The van der Waals surface area contributed by atoms with Crippen molar-refractivity contribution in [2.75, 3.05) is 10.6 Å². The average Bonchev–Trinajstić information content (AvgIpc) is 2.58. The predicted octanol–water partition coefficient (Wildman–Crippen LogP) is -1.00. The van der Waals surface area contributed by atoms with Crippen LogP contribution in [0.1, 0.15) is 26.4 Å². The Morgan fingerprint density at radius 2 is 1.10 bits per heavy atom. The van der Waals surface area contributed by atoms with Gasteiger partial charge >= 0.3 is 29.6 Å². The SMILES string of the molecule is CC(=O)Nc1ccc(CCc2ccc(NC(C)=O)cc2S(=O)(=O)O)c(S(=O)(=O)O)c1.[H-].[Na+]. The number of amides is 2. The van der Waals surface area contributed by atoms with Crippen LogP contribution in [0.2, 0.25) is 0 Å². The third-order valence-electron chi connectivity index (χ3n) is 3.99. The molecule has 31 heavy (non-hydrogen) atoms. The number of benzene rings is 2. The first kappa shape index (κ1) is 27.2. The van der Waals surface area contributed by atoms with Crippen molar-refractivity contribution in [3.8, 4) is 0 Å². The molecule has 0 unspecified atom stereocenters. The molecule has 0 saturated heterocycles. The maximum absolute atomic E-state index is 11.7. The summed E-state index contributed by atoms with van der Waals surface area (Å²) in [5.41, 5.74) is 0.687. The van der Waals surface area contributed by atoms with Crippen LogP contribution in [0.25, 0.3) is 0 Å². The average molecular weight is 480 g/mol. The largest absolute Gasteiger partial charge is 1.00 e. The number of hydrogen-bond acceptors (Lipinski definition) is 6. The third kappa shape index (κ3) is 8.00. The molecule has 2 rings (SSSR count). The second-order valence-electron chi connectivity index (χ2n) is 6.46. The van der Waals surface area contributed by atoms with Crippen molar-refractivity contribution < 1.29 is 66.5 Å². The van der Waals surface area contributed by atoms with Gasteiger partial charge in [0.2, 0.25) is 11.8 Å². The summed E-state index contributed by atoms with van der Waals surface area (Å²) in [7, 11) is -9.24. The third-order valence-corrected chi connectivity index (χ3v) is 5.87. The molecule has 2 aromatic rings. The van der Waals surface area contributed by atoms with Crippen molar-refractivity contribution in [3.05, 3.63) is 47.5 Å². The summed E-state index contributed by atoms with van der Waals surface area (Å²) in [5.74, 6) is -0.859. The summed E-state index contributed by atoms with van der Waals surface area (Å²) in [5, 5.41) is 4.82. The number of anilines is 2. The second kappa shape index (κ2) is 10.7. The van der Waals surface area contributed by atoms with E-state index in [0.29, 0.717) is 0 Å². The zero-order valence-electron chi connectivity index (χ0n) is 18.0. The predicted molar refractivity (Wildman–Crippen MR) is 110 cm³/mol. The van der Waals surface area contributed by atoms with Crippen LogP contribution in [0, 0.1) is 0 Å². The van der Waals surface area contributed by atoms with Crippen LogP contribution in [-0.4, -0.2) is 37.8 Å². The first-order chi connectivity index (χ1) is 13.8. The van der Waals surface area contributed by atoms with Crippen molar-refractivity contribution >= 4 is 43.4 Å². The van der Waals surface area contributed by atoms with Crippen LogP contribution < -0.4 is 40.2 Å². The van der Waals surface area contributed by atoms with E-state index < -0.39 is 41.8 Å². The van der Waals surface area contributed by atoms with E-state index >= 15 is 0 Å². The molecule has 0 aliphatic carbocycles. The van der Waals surface area contributed by atoms with E-state index in [1.807, 2.05) is 0 Å². The van der Waals surface area contributed by atoms with Crippen molar-refractivity contribution in [1.29, 1.82) is 0 Å². The molecular formula is C18H21N2NaO8S2. The van der Waals surface area contributed by atoms with Gasteiger partial charge in [-0.05, 0) is 48.2 Å². The molecule has 4 N–H and O–H groups in total. The Labute approximate surface area is 203 Å². The van der Waals surface area contributed by atoms with Gasteiger partial charge in [0.05, 0.1) is 9.79 Å².